The zero-order valence-electron chi connectivity index (χ0n) is 9.97. The number of rotatable bonds is 5. The van der Waals surface area contributed by atoms with Crippen LogP contribution in [-0.4, -0.2) is 6.61 Å². The molecular formula is C15H14N2O. The molecule has 3 heteroatoms. The van der Waals surface area contributed by atoms with Crippen molar-refractivity contribution in [2.24, 2.45) is 0 Å². The molecule has 18 heavy (non-hydrogen) atoms. The average Bonchev–Trinajstić information content (AvgIpc) is 2.41. The molecule has 3 nitrogen and oxygen atoms in total. The van der Waals surface area contributed by atoms with E-state index in [2.05, 4.69) is 17.4 Å². The van der Waals surface area contributed by atoms with E-state index in [0.717, 1.165) is 17.9 Å². The number of nitriles is 1. The minimum Gasteiger partial charge on any atom is -0.493 e. The summed E-state index contributed by atoms with van der Waals surface area (Å²) in [6.45, 7) is 0.625. The number of anilines is 1. The van der Waals surface area contributed by atoms with Crippen LogP contribution in [0.4, 0.5) is 5.69 Å². The van der Waals surface area contributed by atoms with Crippen molar-refractivity contribution >= 4 is 5.69 Å². The molecule has 2 aromatic rings. The van der Waals surface area contributed by atoms with Gasteiger partial charge in [-0.25, -0.2) is 0 Å². The summed E-state index contributed by atoms with van der Waals surface area (Å²) in [6.07, 6.45) is 2.76. The van der Waals surface area contributed by atoms with Crippen molar-refractivity contribution in [3.05, 3.63) is 60.2 Å². The van der Waals surface area contributed by atoms with Crippen molar-refractivity contribution in [1.29, 1.82) is 5.26 Å². The van der Waals surface area contributed by atoms with Crippen LogP contribution in [-0.2, 0) is 6.42 Å². The Morgan fingerprint density at radius 2 is 1.89 bits per heavy atom. The van der Waals surface area contributed by atoms with Gasteiger partial charge in [0.15, 0.2) is 6.19 Å². The standard InChI is InChI=1S/C15H14N2O/c16-12-17-14-7-4-8-15(11-14)18-10-9-13-5-2-1-3-6-13/h1-8,11,17H,9-10H2. The first-order chi connectivity index (χ1) is 8.88. The fraction of sp³-hybridized carbons (Fsp3) is 0.133. The summed E-state index contributed by atoms with van der Waals surface area (Å²) >= 11 is 0. The van der Waals surface area contributed by atoms with E-state index in [0.29, 0.717) is 6.61 Å². The quantitative estimate of drug-likeness (QED) is 0.642. The Labute approximate surface area is 107 Å². The van der Waals surface area contributed by atoms with Crippen molar-refractivity contribution in [1.82, 2.24) is 0 Å². The second-order valence-electron chi connectivity index (χ2n) is 3.85. The highest BCUT2D eigenvalue weighted by Gasteiger charge is 1.97. The van der Waals surface area contributed by atoms with Crippen LogP contribution in [0.25, 0.3) is 0 Å². The number of ether oxygens (including phenoxy) is 1. The number of hydrogen-bond donors (Lipinski definition) is 1. The van der Waals surface area contributed by atoms with Gasteiger partial charge in [-0.2, -0.15) is 5.26 Å². The third-order valence-electron chi connectivity index (χ3n) is 2.54. The van der Waals surface area contributed by atoms with E-state index >= 15 is 0 Å². The smallest absolute Gasteiger partial charge is 0.181 e. The largest absolute Gasteiger partial charge is 0.493 e. The predicted molar refractivity (Wildman–Crippen MR) is 71.3 cm³/mol. The molecule has 0 aliphatic rings. The van der Waals surface area contributed by atoms with Gasteiger partial charge in [-0.05, 0) is 17.7 Å². The topological polar surface area (TPSA) is 45.0 Å². The van der Waals surface area contributed by atoms with Gasteiger partial charge in [-0.15, -0.1) is 0 Å². The summed E-state index contributed by atoms with van der Waals surface area (Å²) in [5.41, 5.74) is 2.00. The molecule has 90 valence electrons. The SMILES string of the molecule is N#CNc1cccc(OCCc2ccccc2)c1. The Balaban J connectivity index is 1.87. The molecular weight excluding hydrogens is 224 g/mol. The van der Waals surface area contributed by atoms with Gasteiger partial charge in [0.05, 0.1) is 12.3 Å². The predicted octanol–water partition coefficient (Wildman–Crippen LogP) is 3.20. The van der Waals surface area contributed by atoms with Crippen molar-refractivity contribution in [3.8, 4) is 11.9 Å². The lowest BCUT2D eigenvalue weighted by Crippen LogP contribution is -2.01. The summed E-state index contributed by atoms with van der Waals surface area (Å²) in [5, 5.41) is 11.1. The minimum absolute atomic E-state index is 0.625. The fourth-order valence-corrected chi connectivity index (χ4v) is 1.66. The summed E-state index contributed by atoms with van der Waals surface area (Å²) in [6, 6.07) is 17.6. The molecule has 0 aromatic heterocycles. The maximum atomic E-state index is 8.53. The number of nitrogens with zero attached hydrogens (tertiary/aromatic N) is 1. The minimum atomic E-state index is 0.625. The van der Waals surface area contributed by atoms with E-state index in [1.165, 1.54) is 5.56 Å². The molecule has 1 N–H and O–H groups in total. The van der Waals surface area contributed by atoms with E-state index in [9.17, 15) is 0 Å². The average molecular weight is 238 g/mol. The van der Waals surface area contributed by atoms with Gasteiger partial charge in [-0.3, -0.25) is 5.32 Å². The molecule has 0 amide bonds. The maximum absolute atomic E-state index is 8.53. The second kappa shape index (κ2) is 6.31. The fourth-order valence-electron chi connectivity index (χ4n) is 1.66. The van der Waals surface area contributed by atoms with Gasteiger partial charge < -0.3 is 4.74 Å². The third-order valence-corrected chi connectivity index (χ3v) is 2.54. The lowest BCUT2D eigenvalue weighted by Gasteiger charge is -2.07. The Bertz CT molecular complexity index is 532. The highest BCUT2D eigenvalue weighted by atomic mass is 16.5. The van der Waals surface area contributed by atoms with Crippen LogP contribution in [0, 0.1) is 11.5 Å². The second-order valence-corrected chi connectivity index (χ2v) is 3.85. The van der Waals surface area contributed by atoms with Crippen LogP contribution < -0.4 is 10.1 Å². The van der Waals surface area contributed by atoms with E-state index in [1.54, 1.807) is 0 Å². The van der Waals surface area contributed by atoms with Gasteiger partial charge in [0.1, 0.15) is 5.75 Å². The first kappa shape index (κ1) is 12.0. The molecule has 0 heterocycles. The number of benzene rings is 2. The molecule has 0 radical (unpaired) electrons. The van der Waals surface area contributed by atoms with Crippen LogP contribution in [0.2, 0.25) is 0 Å². The lowest BCUT2D eigenvalue weighted by molar-refractivity contribution is 0.322. The summed E-state index contributed by atoms with van der Waals surface area (Å²) in [4.78, 5) is 0. The lowest BCUT2D eigenvalue weighted by atomic mass is 10.2. The summed E-state index contributed by atoms with van der Waals surface area (Å²) in [5.74, 6) is 0.770. The maximum Gasteiger partial charge on any atom is 0.181 e. The Morgan fingerprint density at radius 1 is 1.06 bits per heavy atom. The zero-order chi connectivity index (χ0) is 12.6. The highest BCUT2D eigenvalue weighted by Crippen LogP contribution is 2.17. The van der Waals surface area contributed by atoms with Gasteiger partial charge in [0, 0.05) is 12.5 Å². The van der Waals surface area contributed by atoms with Crippen molar-refractivity contribution in [3.63, 3.8) is 0 Å². The van der Waals surface area contributed by atoms with Crippen LogP contribution >= 0.6 is 0 Å². The molecule has 2 rings (SSSR count). The van der Waals surface area contributed by atoms with E-state index in [-0.39, 0.29) is 0 Å². The van der Waals surface area contributed by atoms with Crippen LogP contribution in [0.1, 0.15) is 5.56 Å². The van der Waals surface area contributed by atoms with Crippen LogP contribution in [0.3, 0.4) is 0 Å². The van der Waals surface area contributed by atoms with Crippen molar-refractivity contribution < 1.29 is 4.74 Å². The van der Waals surface area contributed by atoms with Crippen LogP contribution in [0.15, 0.2) is 54.6 Å². The first-order valence-electron chi connectivity index (χ1n) is 5.80. The van der Waals surface area contributed by atoms with Gasteiger partial charge in [0.25, 0.3) is 0 Å². The Morgan fingerprint density at radius 3 is 2.67 bits per heavy atom. The third kappa shape index (κ3) is 3.53. The number of hydrogen-bond acceptors (Lipinski definition) is 3. The Hall–Kier alpha value is -2.47. The van der Waals surface area contributed by atoms with Crippen molar-refractivity contribution in [2.75, 3.05) is 11.9 Å². The van der Waals surface area contributed by atoms with Gasteiger partial charge in [-0.1, -0.05) is 36.4 Å². The van der Waals surface area contributed by atoms with E-state index in [4.69, 9.17) is 10.00 Å². The molecule has 0 fully saturated rings. The molecule has 0 bridgehead atoms. The van der Waals surface area contributed by atoms with Crippen LogP contribution in [0.5, 0.6) is 5.75 Å². The number of nitrogens with one attached hydrogen (secondary N) is 1. The summed E-state index contributed by atoms with van der Waals surface area (Å²) < 4.78 is 5.65. The molecule has 0 atom stereocenters. The van der Waals surface area contributed by atoms with Crippen molar-refractivity contribution in [2.45, 2.75) is 6.42 Å². The zero-order valence-corrected chi connectivity index (χ0v) is 9.97. The van der Waals surface area contributed by atoms with Gasteiger partial charge >= 0.3 is 0 Å². The normalized spacial score (nSPS) is 9.50. The molecule has 2 aromatic carbocycles. The molecule has 0 spiro atoms. The molecule has 0 unspecified atom stereocenters. The molecule has 0 saturated carbocycles. The van der Waals surface area contributed by atoms with E-state index in [1.807, 2.05) is 48.7 Å². The molecule has 0 saturated heterocycles. The molecule has 0 aliphatic heterocycles. The van der Waals surface area contributed by atoms with Gasteiger partial charge in [0.2, 0.25) is 0 Å². The highest BCUT2D eigenvalue weighted by molar-refractivity contribution is 5.50. The summed E-state index contributed by atoms with van der Waals surface area (Å²) in [7, 11) is 0. The van der Waals surface area contributed by atoms with E-state index < -0.39 is 0 Å². The Kier molecular flexibility index (Phi) is 4.21. The molecule has 0 aliphatic carbocycles. The first-order valence-corrected chi connectivity index (χ1v) is 5.80. The monoisotopic (exact) mass is 238 g/mol.